The molecule has 0 radical (unpaired) electrons. The highest BCUT2D eigenvalue weighted by Crippen LogP contribution is 2.19. The van der Waals surface area contributed by atoms with Gasteiger partial charge in [-0.3, -0.25) is 9.48 Å². The monoisotopic (exact) mass is 473 g/mol. The third kappa shape index (κ3) is 6.00. The second-order valence-corrected chi connectivity index (χ2v) is 7.53. The summed E-state index contributed by atoms with van der Waals surface area (Å²) >= 11 is 4.59. The number of rotatable bonds is 7. The van der Waals surface area contributed by atoms with Gasteiger partial charge in [0.25, 0.3) is 0 Å². The van der Waals surface area contributed by atoms with Gasteiger partial charge in [-0.15, -0.1) is 0 Å². The predicted molar refractivity (Wildman–Crippen MR) is 113 cm³/mol. The van der Waals surface area contributed by atoms with Crippen LogP contribution < -0.4 is 10.2 Å². The lowest BCUT2D eigenvalue weighted by atomic mass is 10.2. The van der Waals surface area contributed by atoms with Crippen molar-refractivity contribution in [2.24, 2.45) is 12.1 Å². The minimum absolute atomic E-state index is 0.200. The molecule has 1 N–H and O–H groups in total. The van der Waals surface area contributed by atoms with Crippen LogP contribution in [-0.4, -0.2) is 38.6 Å². The summed E-state index contributed by atoms with van der Waals surface area (Å²) in [6, 6.07) is 12.3. The average Bonchev–Trinajstić information content (AvgIpc) is 3.06. The van der Waals surface area contributed by atoms with E-state index in [9.17, 15) is 9.59 Å². The molecule has 0 aliphatic heterocycles. The summed E-state index contributed by atoms with van der Waals surface area (Å²) in [6.45, 7) is 0. The SMILES string of the molecule is Cn1ncc(Br)c1C(=O)Oc1cccc(/C=N/NC(=O)CSc2ccccn2)c1. The van der Waals surface area contributed by atoms with Crippen LogP contribution in [0, 0.1) is 0 Å². The minimum Gasteiger partial charge on any atom is -0.422 e. The second kappa shape index (κ2) is 9.99. The highest BCUT2D eigenvalue weighted by Gasteiger charge is 2.17. The van der Waals surface area contributed by atoms with Gasteiger partial charge in [0.05, 0.1) is 27.7 Å². The molecule has 2 heterocycles. The van der Waals surface area contributed by atoms with Crippen molar-refractivity contribution in [3.8, 4) is 5.75 Å². The van der Waals surface area contributed by atoms with Gasteiger partial charge >= 0.3 is 5.97 Å². The van der Waals surface area contributed by atoms with Crippen LogP contribution in [0.1, 0.15) is 16.1 Å². The Balaban J connectivity index is 1.54. The van der Waals surface area contributed by atoms with Crippen LogP contribution in [0.25, 0.3) is 0 Å². The molecule has 0 aliphatic rings. The van der Waals surface area contributed by atoms with Crippen molar-refractivity contribution in [2.45, 2.75) is 5.03 Å². The van der Waals surface area contributed by atoms with Crippen LogP contribution in [0.4, 0.5) is 0 Å². The number of benzene rings is 1. The van der Waals surface area contributed by atoms with E-state index in [0.717, 1.165) is 5.03 Å². The number of carbonyl (C=O) groups excluding carboxylic acids is 2. The first kappa shape index (κ1) is 20.7. The van der Waals surface area contributed by atoms with E-state index in [1.807, 2.05) is 18.2 Å². The van der Waals surface area contributed by atoms with Gasteiger partial charge in [-0.05, 0) is 45.8 Å². The van der Waals surface area contributed by atoms with Gasteiger partial charge in [-0.2, -0.15) is 10.2 Å². The lowest BCUT2D eigenvalue weighted by Crippen LogP contribution is -2.19. The van der Waals surface area contributed by atoms with Crippen LogP contribution in [-0.2, 0) is 11.8 Å². The fourth-order valence-corrected chi connectivity index (χ4v) is 3.40. The third-order valence-electron chi connectivity index (χ3n) is 3.55. The van der Waals surface area contributed by atoms with E-state index >= 15 is 0 Å². The first-order valence-electron chi connectivity index (χ1n) is 8.38. The number of hydrazone groups is 1. The van der Waals surface area contributed by atoms with Crippen molar-refractivity contribution in [1.82, 2.24) is 20.2 Å². The van der Waals surface area contributed by atoms with Crippen LogP contribution in [0.5, 0.6) is 5.75 Å². The molecule has 0 saturated carbocycles. The highest BCUT2D eigenvalue weighted by atomic mass is 79.9. The van der Waals surface area contributed by atoms with Crippen LogP contribution >= 0.6 is 27.7 Å². The molecule has 29 heavy (non-hydrogen) atoms. The molecule has 1 amide bonds. The van der Waals surface area contributed by atoms with Gasteiger partial charge in [0.2, 0.25) is 5.91 Å². The summed E-state index contributed by atoms with van der Waals surface area (Å²) in [5.41, 5.74) is 3.43. The molecule has 0 fully saturated rings. The molecule has 0 saturated heterocycles. The molecule has 3 rings (SSSR count). The summed E-state index contributed by atoms with van der Waals surface area (Å²) in [6.07, 6.45) is 4.67. The number of nitrogens with zero attached hydrogens (tertiary/aromatic N) is 4. The maximum atomic E-state index is 12.3. The number of halogens is 1. The Hall–Kier alpha value is -2.98. The number of hydrogen-bond donors (Lipinski definition) is 1. The van der Waals surface area contributed by atoms with Crippen LogP contribution in [0.15, 0.2) is 69.5 Å². The Morgan fingerprint density at radius 3 is 2.90 bits per heavy atom. The smallest absolute Gasteiger partial charge is 0.363 e. The van der Waals surface area contributed by atoms with E-state index in [2.05, 4.69) is 36.5 Å². The molecule has 148 valence electrons. The van der Waals surface area contributed by atoms with E-state index in [1.165, 1.54) is 28.9 Å². The van der Waals surface area contributed by atoms with Crippen molar-refractivity contribution in [3.05, 3.63) is 70.6 Å². The fourth-order valence-electron chi connectivity index (χ4n) is 2.24. The fraction of sp³-hybridized carbons (Fsp3) is 0.105. The summed E-state index contributed by atoms with van der Waals surface area (Å²) in [4.78, 5) is 28.3. The van der Waals surface area contributed by atoms with E-state index in [4.69, 9.17) is 4.74 Å². The standard InChI is InChI=1S/C19H16BrN5O3S/c1-25-18(15(20)11-23-25)19(27)28-14-6-4-5-13(9-14)10-22-24-16(26)12-29-17-7-2-3-8-21-17/h2-11H,12H2,1H3,(H,24,26)/b22-10+. The Labute approximate surface area is 179 Å². The Bertz CT molecular complexity index is 1020. The molecule has 8 nitrogen and oxygen atoms in total. The largest absolute Gasteiger partial charge is 0.422 e. The number of thioether (sulfide) groups is 1. The number of aryl methyl sites for hydroxylation is 1. The molecule has 1 aromatic carbocycles. The molecule has 0 bridgehead atoms. The van der Waals surface area contributed by atoms with E-state index < -0.39 is 5.97 Å². The normalized spacial score (nSPS) is 10.8. The number of aromatic nitrogens is 3. The Morgan fingerprint density at radius 2 is 2.17 bits per heavy atom. The summed E-state index contributed by atoms with van der Waals surface area (Å²) in [7, 11) is 1.65. The number of ether oxygens (including phenoxy) is 1. The topological polar surface area (TPSA) is 98.5 Å². The van der Waals surface area contributed by atoms with Crippen molar-refractivity contribution < 1.29 is 14.3 Å². The molecule has 0 atom stereocenters. The molecule has 2 aromatic heterocycles. The molecule has 0 aliphatic carbocycles. The predicted octanol–water partition coefficient (Wildman–Crippen LogP) is 3.04. The van der Waals surface area contributed by atoms with Gasteiger partial charge < -0.3 is 4.74 Å². The van der Waals surface area contributed by atoms with Gasteiger partial charge in [-0.1, -0.05) is 30.0 Å². The first-order chi connectivity index (χ1) is 14.0. The summed E-state index contributed by atoms with van der Waals surface area (Å²) < 4.78 is 7.36. The molecule has 10 heteroatoms. The van der Waals surface area contributed by atoms with E-state index in [1.54, 1.807) is 37.5 Å². The molecule has 0 spiro atoms. The van der Waals surface area contributed by atoms with Gasteiger partial charge in [-0.25, -0.2) is 15.2 Å². The Kier molecular flexibility index (Phi) is 7.14. The quantitative estimate of drug-likeness (QED) is 0.186. The van der Waals surface area contributed by atoms with Crippen molar-refractivity contribution in [2.75, 3.05) is 5.75 Å². The zero-order chi connectivity index (χ0) is 20.6. The summed E-state index contributed by atoms with van der Waals surface area (Å²) in [5.74, 6) is -0.235. The lowest BCUT2D eigenvalue weighted by Gasteiger charge is -2.06. The van der Waals surface area contributed by atoms with E-state index in [-0.39, 0.29) is 11.7 Å². The number of hydrogen-bond acceptors (Lipinski definition) is 7. The number of esters is 1. The highest BCUT2D eigenvalue weighted by molar-refractivity contribution is 9.10. The maximum absolute atomic E-state index is 12.3. The van der Waals surface area contributed by atoms with Gasteiger partial charge in [0.15, 0.2) is 5.69 Å². The van der Waals surface area contributed by atoms with Crippen molar-refractivity contribution in [1.29, 1.82) is 0 Å². The second-order valence-electron chi connectivity index (χ2n) is 5.68. The van der Waals surface area contributed by atoms with Gasteiger partial charge in [0.1, 0.15) is 5.75 Å². The minimum atomic E-state index is -0.536. The first-order valence-corrected chi connectivity index (χ1v) is 10.2. The molecule has 0 unspecified atom stereocenters. The number of carbonyl (C=O) groups is 2. The zero-order valence-corrected chi connectivity index (χ0v) is 17.7. The molecule has 3 aromatic rings. The zero-order valence-electron chi connectivity index (χ0n) is 15.3. The molecular formula is C19H16BrN5O3S. The van der Waals surface area contributed by atoms with Crippen molar-refractivity contribution in [3.63, 3.8) is 0 Å². The van der Waals surface area contributed by atoms with Crippen molar-refractivity contribution >= 4 is 45.8 Å². The number of pyridine rings is 1. The Morgan fingerprint density at radius 1 is 1.31 bits per heavy atom. The van der Waals surface area contributed by atoms with E-state index in [0.29, 0.717) is 21.5 Å². The average molecular weight is 474 g/mol. The number of amides is 1. The van der Waals surface area contributed by atoms with Crippen LogP contribution in [0.2, 0.25) is 0 Å². The molecular weight excluding hydrogens is 458 g/mol. The lowest BCUT2D eigenvalue weighted by molar-refractivity contribution is -0.118. The van der Waals surface area contributed by atoms with Gasteiger partial charge in [0, 0.05) is 13.2 Å². The summed E-state index contributed by atoms with van der Waals surface area (Å²) in [5, 5.41) is 8.69. The third-order valence-corrected chi connectivity index (χ3v) is 5.07. The number of nitrogens with one attached hydrogen (secondary N) is 1. The van der Waals surface area contributed by atoms with Crippen LogP contribution in [0.3, 0.4) is 0 Å². The maximum Gasteiger partial charge on any atom is 0.363 e.